The Morgan fingerprint density at radius 2 is 1.79 bits per heavy atom. The van der Waals surface area contributed by atoms with Gasteiger partial charge in [0.2, 0.25) is 0 Å². The molecule has 3 nitrogen and oxygen atoms in total. The van der Waals surface area contributed by atoms with Gasteiger partial charge in [0.15, 0.2) is 0 Å². The molecule has 0 bridgehead atoms. The van der Waals surface area contributed by atoms with E-state index in [1.807, 2.05) is 31.2 Å². The van der Waals surface area contributed by atoms with Gasteiger partial charge in [-0.3, -0.25) is 4.90 Å². The molecule has 0 saturated carbocycles. The Kier molecular flexibility index (Phi) is 4.57. The fourth-order valence-electron chi connectivity index (χ4n) is 2.84. The molecule has 0 spiro atoms. The van der Waals surface area contributed by atoms with E-state index in [0.717, 1.165) is 25.9 Å². The molecule has 0 aromatic heterocycles. The third-order valence-electron chi connectivity index (χ3n) is 4.33. The highest BCUT2D eigenvalue weighted by molar-refractivity contribution is 5.32. The number of nitriles is 1. The van der Waals surface area contributed by atoms with Gasteiger partial charge in [0, 0.05) is 6.04 Å². The number of hydrogen-bond acceptors (Lipinski definition) is 3. The Bertz CT molecular complexity index is 439. The summed E-state index contributed by atoms with van der Waals surface area (Å²) in [5.41, 5.74) is 1.97. The summed E-state index contributed by atoms with van der Waals surface area (Å²) in [4.78, 5) is 2.46. The smallest absolute Gasteiger partial charge is 0.0991 e. The zero-order valence-electron chi connectivity index (χ0n) is 11.7. The molecule has 19 heavy (non-hydrogen) atoms. The van der Waals surface area contributed by atoms with E-state index in [1.165, 1.54) is 5.56 Å². The maximum Gasteiger partial charge on any atom is 0.0991 e. The van der Waals surface area contributed by atoms with Crippen LogP contribution < -0.4 is 0 Å². The maximum atomic E-state index is 9.63. The zero-order chi connectivity index (χ0) is 13.8. The van der Waals surface area contributed by atoms with Crippen LogP contribution in [0.1, 0.15) is 43.9 Å². The monoisotopic (exact) mass is 258 g/mol. The minimum Gasteiger partial charge on any atom is -0.393 e. The van der Waals surface area contributed by atoms with E-state index in [4.69, 9.17) is 5.26 Å². The van der Waals surface area contributed by atoms with Crippen molar-refractivity contribution in [2.45, 2.75) is 38.8 Å². The molecule has 1 aliphatic rings. The molecule has 1 saturated heterocycles. The Hall–Kier alpha value is -1.37. The Morgan fingerprint density at radius 3 is 2.26 bits per heavy atom. The summed E-state index contributed by atoms with van der Waals surface area (Å²) in [7, 11) is 0. The van der Waals surface area contributed by atoms with Gasteiger partial charge in [-0.05, 0) is 63.4 Å². The maximum absolute atomic E-state index is 9.63. The van der Waals surface area contributed by atoms with Crippen molar-refractivity contribution in [2.75, 3.05) is 13.1 Å². The minimum absolute atomic E-state index is 0.188. The van der Waals surface area contributed by atoms with Crippen molar-refractivity contribution in [1.29, 1.82) is 5.26 Å². The quantitative estimate of drug-likeness (QED) is 0.906. The predicted octanol–water partition coefficient (Wildman–Crippen LogP) is 2.71. The molecule has 2 atom stereocenters. The average Bonchev–Trinajstić information content (AvgIpc) is 2.46. The summed E-state index contributed by atoms with van der Waals surface area (Å²) >= 11 is 0. The number of rotatable bonds is 3. The van der Waals surface area contributed by atoms with Crippen molar-refractivity contribution in [3.8, 4) is 6.07 Å². The normalized spacial score (nSPS) is 20.7. The van der Waals surface area contributed by atoms with Crippen LogP contribution in [-0.2, 0) is 0 Å². The molecule has 2 unspecified atom stereocenters. The Morgan fingerprint density at radius 1 is 1.21 bits per heavy atom. The van der Waals surface area contributed by atoms with Crippen LogP contribution in [-0.4, -0.2) is 29.2 Å². The molecular formula is C16H22N2O. The summed E-state index contributed by atoms with van der Waals surface area (Å²) in [6.07, 6.45) is 1.95. The number of piperidine rings is 1. The molecule has 3 heteroatoms. The van der Waals surface area contributed by atoms with Crippen molar-refractivity contribution in [3.05, 3.63) is 35.4 Å². The minimum atomic E-state index is -0.188. The molecule has 2 rings (SSSR count). The number of nitrogens with zero attached hydrogens (tertiary/aromatic N) is 2. The molecule has 1 N–H and O–H groups in total. The lowest BCUT2D eigenvalue weighted by atomic mass is 9.91. The third-order valence-corrected chi connectivity index (χ3v) is 4.33. The molecule has 0 aliphatic carbocycles. The summed E-state index contributed by atoms with van der Waals surface area (Å²) in [5.74, 6) is 0.449. The van der Waals surface area contributed by atoms with Crippen LogP contribution in [0, 0.1) is 17.2 Å². The summed E-state index contributed by atoms with van der Waals surface area (Å²) < 4.78 is 0. The van der Waals surface area contributed by atoms with Gasteiger partial charge in [-0.2, -0.15) is 5.26 Å². The summed E-state index contributed by atoms with van der Waals surface area (Å²) in [5, 5.41) is 18.4. The molecule has 1 aromatic carbocycles. The molecule has 102 valence electrons. The van der Waals surface area contributed by atoms with Crippen LogP contribution in [0.25, 0.3) is 0 Å². The van der Waals surface area contributed by atoms with Gasteiger partial charge in [-0.1, -0.05) is 12.1 Å². The number of benzene rings is 1. The second kappa shape index (κ2) is 6.18. The Labute approximate surface area is 115 Å². The van der Waals surface area contributed by atoms with Crippen LogP contribution in [0.15, 0.2) is 24.3 Å². The lowest BCUT2D eigenvalue weighted by Gasteiger charge is -2.37. The van der Waals surface area contributed by atoms with Crippen LogP contribution in [0.3, 0.4) is 0 Å². The number of aliphatic hydroxyl groups excluding tert-OH is 1. The first kappa shape index (κ1) is 14.0. The van der Waals surface area contributed by atoms with Crippen LogP contribution >= 0.6 is 0 Å². The number of likely N-dealkylation sites (tertiary alicyclic amines) is 1. The molecule has 1 heterocycles. The second-order valence-electron chi connectivity index (χ2n) is 5.52. The second-order valence-corrected chi connectivity index (χ2v) is 5.52. The SMILES string of the molecule is CC(O)C1CCN(C(C)c2ccc(C#N)cc2)CC1. The number of aliphatic hydroxyl groups is 1. The molecular weight excluding hydrogens is 236 g/mol. The number of hydrogen-bond donors (Lipinski definition) is 1. The topological polar surface area (TPSA) is 47.3 Å². The fourth-order valence-corrected chi connectivity index (χ4v) is 2.84. The highest BCUT2D eigenvalue weighted by Gasteiger charge is 2.25. The standard InChI is InChI=1S/C16H22N2O/c1-12(15-5-3-14(11-17)4-6-15)18-9-7-16(8-10-18)13(2)19/h3-6,12-13,16,19H,7-10H2,1-2H3. The first-order valence-electron chi connectivity index (χ1n) is 7.04. The first-order chi connectivity index (χ1) is 9.11. The van der Waals surface area contributed by atoms with Gasteiger partial charge in [0.1, 0.15) is 0 Å². The van der Waals surface area contributed by atoms with Gasteiger partial charge in [0.25, 0.3) is 0 Å². The molecule has 0 radical (unpaired) electrons. The molecule has 1 aromatic rings. The first-order valence-corrected chi connectivity index (χ1v) is 7.04. The van der Waals surface area contributed by atoms with Gasteiger partial charge < -0.3 is 5.11 Å². The van der Waals surface area contributed by atoms with Crippen molar-refractivity contribution >= 4 is 0 Å². The van der Waals surface area contributed by atoms with E-state index in [2.05, 4.69) is 17.9 Å². The van der Waals surface area contributed by atoms with E-state index >= 15 is 0 Å². The highest BCUT2D eigenvalue weighted by Crippen LogP contribution is 2.28. The van der Waals surface area contributed by atoms with E-state index in [0.29, 0.717) is 17.5 Å². The van der Waals surface area contributed by atoms with Gasteiger partial charge >= 0.3 is 0 Å². The van der Waals surface area contributed by atoms with Crippen molar-refractivity contribution in [3.63, 3.8) is 0 Å². The van der Waals surface area contributed by atoms with Crippen molar-refractivity contribution in [1.82, 2.24) is 4.90 Å². The Balaban J connectivity index is 1.97. The van der Waals surface area contributed by atoms with Gasteiger partial charge in [-0.25, -0.2) is 0 Å². The lowest BCUT2D eigenvalue weighted by molar-refractivity contribution is 0.0586. The fraction of sp³-hybridized carbons (Fsp3) is 0.562. The summed E-state index contributed by atoms with van der Waals surface area (Å²) in [6.45, 7) is 6.18. The lowest BCUT2D eigenvalue weighted by Crippen LogP contribution is -2.38. The predicted molar refractivity (Wildman–Crippen MR) is 75.5 cm³/mol. The third kappa shape index (κ3) is 3.34. The zero-order valence-corrected chi connectivity index (χ0v) is 11.7. The van der Waals surface area contributed by atoms with E-state index in [9.17, 15) is 5.11 Å². The van der Waals surface area contributed by atoms with Crippen LogP contribution in [0.4, 0.5) is 0 Å². The largest absolute Gasteiger partial charge is 0.393 e. The van der Waals surface area contributed by atoms with Crippen molar-refractivity contribution in [2.24, 2.45) is 5.92 Å². The molecule has 1 aliphatic heterocycles. The van der Waals surface area contributed by atoms with Crippen LogP contribution in [0.2, 0.25) is 0 Å². The molecule has 1 fully saturated rings. The van der Waals surface area contributed by atoms with E-state index in [1.54, 1.807) is 0 Å². The summed E-state index contributed by atoms with van der Waals surface area (Å²) in [6, 6.07) is 10.4. The molecule has 0 amide bonds. The van der Waals surface area contributed by atoms with Gasteiger partial charge in [0.05, 0.1) is 17.7 Å². The van der Waals surface area contributed by atoms with Gasteiger partial charge in [-0.15, -0.1) is 0 Å². The van der Waals surface area contributed by atoms with Crippen LogP contribution in [0.5, 0.6) is 0 Å². The van der Waals surface area contributed by atoms with E-state index < -0.39 is 0 Å². The van der Waals surface area contributed by atoms with Crippen molar-refractivity contribution < 1.29 is 5.11 Å². The average molecular weight is 258 g/mol. The highest BCUT2D eigenvalue weighted by atomic mass is 16.3. The van der Waals surface area contributed by atoms with E-state index in [-0.39, 0.29) is 6.10 Å².